The first-order valence-electron chi connectivity index (χ1n) is 6.27. The molecule has 0 unspecified atom stereocenters. The molecule has 1 aromatic carbocycles. The van der Waals surface area contributed by atoms with Gasteiger partial charge in [-0.05, 0) is 30.5 Å². The summed E-state index contributed by atoms with van der Waals surface area (Å²) in [6.45, 7) is 5.01. The van der Waals surface area contributed by atoms with Crippen LogP contribution in [0.3, 0.4) is 0 Å². The number of carbonyl (C=O) groups is 1. The molecule has 0 aliphatic rings. The monoisotopic (exact) mass is 269 g/mol. The second kappa shape index (κ2) is 7.27. The summed E-state index contributed by atoms with van der Waals surface area (Å²) in [4.78, 5) is 11.8. The molecule has 4 heteroatoms. The van der Waals surface area contributed by atoms with E-state index in [1.165, 1.54) is 24.6 Å². The standard InChI is InChI=1S/C14H20ClNO2/c1-10(2)5-3-4-8-16-14(18)12-9-11(17)6-7-13(12)15/h6-7,9-10,17H,3-5,8H2,1-2H3,(H,16,18). The zero-order valence-electron chi connectivity index (χ0n) is 10.9. The Balaban J connectivity index is 2.39. The van der Waals surface area contributed by atoms with Crippen molar-refractivity contribution in [3.63, 3.8) is 0 Å². The summed E-state index contributed by atoms with van der Waals surface area (Å²) in [6.07, 6.45) is 3.23. The van der Waals surface area contributed by atoms with Gasteiger partial charge in [-0.15, -0.1) is 0 Å². The van der Waals surface area contributed by atoms with E-state index < -0.39 is 0 Å². The lowest BCUT2D eigenvalue weighted by Gasteiger charge is -2.08. The smallest absolute Gasteiger partial charge is 0.252 e. The Morgan fingerprint density at radius 2 is 2.11 bits per heavy atom. The predicted molar refractivity (Wildman–Crippen MR) is 74.1 cm³/mol. The Morgan fingerprint density at radius 1 is 1.39 bits per heavy atom. The van der Waals surface area contributed by atoms with Crippen molar-refractivity contribution in [3.8, 4) is 5.75 Å². The van der Waals surface area contributed by atoms with Crippen LogP contribution < -0.4 is 5.32 Å². The fourth-order valence-electron chi connectivity index (χ4n) is 1.66. The molecule has 0 heterocycles. The lowest BCUT2D eigenvalue weighted by molar-refractivity contribution is 0.0952. The van der Waals surface area contributed by atoms with Gasteiger partial charge in [0.25, 0.3) is 5.91 Å². The molecule has 100 valence electrons. The van der Waals surface area contributed by atoms with Gasteiger partial charge in [0, 0.05) is 6.54 Å². The summed E-state index contributed by atoms with van der Waals surface area (Å²) in [5.41, 5.74) is 0.320. The van der Waals surface area contributed by atoms with Crippen molar-refractivity contribution >= 4 is 17.5 Å². The molecule has 0 radical (unpaired) electrons. The van der Waals surface area contributed by atoms with Crippen LogP contribution in [-0.2, 0) is 0 Å². The lowest BCUT2D eigenvalue weighted by Crippen LogP contribution is -2.24. The number of hydrogen-bond donors (Lipinski definition) is 2. The maximum atomic E-state index is 11.8. The number of unbranched alkanes of at least 4 members (excludes halogenated alkanes) is 1. The van der Waals surface area contributed by atoms with E-state index in [-0.39, 0.29) is 11.7 Å². The van der Waals surface area contributed by atoms with Crippen LogP contribution in [0.4, 0.5) is 0 Å². The quantitative estimate of drug-likeness (QED) is 0.775. The van der Waals surface area contributed by atoms with E-state index in [1.54, 1.807) is 0 Å². The average Bonchev–Trinajstić information content (AvgIpc) is 2.31. The molecule has 0 aliphatic heterocycles. The highest BCUT2D eigenvalue weighted by Gasteiger charge is 2.10. The Kier molecular flexibility index (Phi) is 5.99. The fourth-order valence-corrected chi connectivity index (χ4v) is 1.87. The lowest BCUT2D eigenvalue weighted by atomic mass is 10.1. The van der Waals surface area contributed by atoms with Crippen molar-refractivity contribution < 1.29 is 9.90 Å². The SMILES string of the molecule is CC(C)CCCCNC(=O)c1cc(O)ccc1Cl. The summed E-state index contributed by atoms with van der Waals surface area (Å²) < 4.78 is 0. The summed E-state index contributed by atoms with van der Waals surface area (Å²) in [7, 11) is 0. The van der Waals surface area contributed by atoms with Crippen LogP contribution >= 0.6 is 11.6 Å². The molecule has 0 bridgehead atoms. The molecule has 18 heavy (non-hydrogen) atoms. The Morgan fingerprint density at radius 3 is 2.78 bits per heavy atom. The van der Waals surface area contributed by atoms with Crippen LogP contribution in [-0.4, -0.2) is 17.6 Å². The van der Waals surface area contributed by atoms with E-state index in [0.29, 0.717) is 23.0 Å². The molecule has 0 atom stereocenters. The molecule has 0 fully saturated rings. The van der Waals surface area contributed by atoms with Crippen LogP contribution in [0.1, 0.15) is 43.5 Å². The number of carbonyl (C=O) groups excluding carboxylic acids is 1. The van der Waals surface area contributed by atoms with E-state index in [2.05, 4.69) is 19.2 Å². The van der Waals surface area contributed by atoms with Gasteiger partial charge in [0.2, 0.25) is 0 Å². The zero-order chi connectivity index (χ0) is 13.5. The summed E-state index contributed by atoms with van der Waals surface area (Å²) in [5, 5.41) is 12.5. The van der Waals surface area contributed by atoms with E-state index >= 15 is 0 Å². The molecule has 0 aromatic heterocycles. The molecule has 2 N–H and O–H groups in total. The highest BCUT2D eigenvalue weighted by atomic mass is 35.5. The van der Waals surface area contributed by atoms with Crippen molar-refractivity contribution in [1.29, 1.82) is 0 Å². The maximum absolute atomic E-state index is 11.8. The number of hydrogen-bond acceptors (Lipinski definition) is 2. The van der Waals surface area contributed by atoms with Gasteiger partial charge in [-0.25, -0.2) is 0 Å². The van der Waals surface area contributed by atoms with Crippen LogP contribution in [0, 0.1) is 5.92 Å². The van der Waals surface area contributed by atoms with Crippen molar-refractivity contribution in [2.45, 2.75) is 33.1 Å². The van der Waals surface area contributed by atoms with Gasteiger partial charge in [-0.2, -0.15) is 0 Å². The normalized spacial score (nSPS) is 10.7. The molecule has 0 saturated heterocycles. The van der Waals surface area contributed by atoms with Crippen LogP contribution in [0.15, 0.2) is 18.2 Å². The molecule has 0 saturated carbocycles. The average molecular weight is 270 g/mol. The van der Waals surface area contributed by atoms with Crippen molar-refractivity contribution in [2.75, 3.05) is 6.54 Å². The third-order valence-electron chi connectivity index (χ3n) is 2.69. The molecule has 0 spiro atoms. The fraction of sp³-hybridized carbons (Fsp3) is 0.500. The summed E-state index contributed by atoms with van der Waals surface area (Å²) in [5.74, 6) is 0.506. The largest absolute Gasteiger partial charge is 0.508 e. The van der Waals surface area contributed by atoms with Crippen LogP contribution in [0.2, 0.25) is 5.02 Å². The third kappa shape index (κ3) is 4.96. The highest BCUT2D eigenvalue weighted by molar-refractivity contribution is 6.33. The van der Waals surface area contributed by atoms with Gasteiger partial charge in [0.15, 0.2) is 0 Å². The van der Waals surface area contributed by atoms with Gasteiger partial charge >= 0.3 is 0 Å². The van der Waals surface area contributed by atoms with Crippen molar-refractivity contribution in [2.24, 2.45) is 5.92 Å². The number of aromatic hydroxyl groups is 1. The minimum atomic E-state index is -0.236. The number of amides is 1. The molecule has 1 amide bonds. The number of halogens is 1. The van der Waals surface area contributed by atoms with Gasteiger partial charge < -0.3 is 10.4 Å². The summed E-state index contributed by atoms with van der Waals surface area (Å²) >= 11 is 5.90. The van der Waals surface area contributed by atoms with E-state index in [4.69, 9.17) is 11.6 Å². The second-order valence-corrected chi connectivity index (χ2v) is 5.22. The molecule has 3 nitrogen and oxygen atoms in total. The van der Waals surface area contributed by atoms with Crippen LogP contribution in [0.5, 0.6) is 5.75 Å². The molecule has 0 aliphatic carbocycles. The molecular formula is C14H20ClNO2. The Labute approximate surface area is 113 Å². The van der Waals surface area contributed by atoms with Crippen molar-refractivity contribution in [1.82, 2.24) is 5.32 Å². The minimum Gasteiger partial charge on any atom is -0.508 e. The van der Waals surface area contributed by atoms with E-state index in [0.717, 1.165) is 12.8 Å². The second-order valence-electron chi connectivity index (χ2n) is 4.81. The van der Waals surface area contributed by atoms with Gasteiger partial charge in [0.1, 0.15) is 5.75 Å². The van der Waals surface area contributed by atoms with Gasteiger partial charge in [-0.1, -0.05) is 38.3 Å². The first-order chi connectivity index (χ1) is 8.50. The van der Waals surface area contributed by atoms with Gasteiger partial charge in [-0.3, -0.25) is 4.79 Å². The number of nitrogens with one attached hydrogen (secondary N) is 1. The number of rotatable bonds is 6. The number of phenols is 1. The topological polar surface area (TPSA) is 49.3 Å². The highest BCUT2D eigenvalue weighted by Crippen LogP contribution is 2.20. The number of benzene rings is 1. The first-order valence-corrected chi connectivity index (χ1v) is 6.65. The molecule has 1 aromatic rings. The third-order valence-corrected chi connectivity index (χ3v) is 3.02. The number of phenolic OH excluding ortho intramolecular Hbond substituents is 1. The summed E-state index contributed by atoms with van der Waals surface area (Å²) in [6, 6.07) is 4.36. The Hall–Kier alpha value is -1.22. The van der Waals surface area contributed by atoms with Crippen LogP contribution in [0.25, 0.3) is 0 Å². The van der Waals surface area contributed by atoms with E-state index in [1.807, 2.05) is 0 Å². The predicted octanol–water partition coefficient (Wildman–Crippen LogP) is 3.60. The molecular weight excluding hydrogens is 250 g/mol. The maximum Gasteiger partial charge on any atom is 0.252 e. The molecule has 1 rings (SSSR count). The van der Waals surface area contributed by atoms with Crippen molar-refractivity contribution in [3.05, 3.63) is 28.8 Å². The van der Waals surface area contributed by atoms with E-state index in [9.17, 15) is 9.90 Å². The first kappa shape index (κ1) is 14.8. The van der Waals surface area contributed by atoms with Gasteiger partial charge in [0.05, 0.1) is 10.6 Å². The zero-order valence-corrected chi connectivity index (χ0v) is 11.6. The minimum absolute atomic E-state index is 0.0457. The Bertz CT molecular complexity index is 405.